The van der Waals surface area contributed by atoms with Gasteiger partial charge in [-0.2, -0.15) is 0 Å². The minimum atomic E-state index is -4.38. The quantitative estimate of drug-likeness (QED) is 0.458. The Labute approximate surface area is 196 Å². The summed E-state index contributed by atoms with van der Waals surface area (Å²) in [4.78, 5) is 26.3. The summed E-state index contributed by atoms with van der Waals surface area (Å²) in [5, 5.41) is -0.184. The van der Waals surface area contributed by atoms with Crippen LogP contribution in [0, 0.1) is 13.8 Å². The summed E-state index contributed by atoms with van der Waals surface area (Å²) in [6.07, 6.45) is 0.999. The fourth-order valence-corrected chi connectivity index (χ4v) is 5.07. The van der Waals surface area contributed by atoms with Crippen LogP contribution in [-0.2, 0) is 21.0 Å². The number of nitrogens with one attached hydrogen (secondary N) is 3. The van der Waals surface area contributed by atoms with E-state index in [1.165, 1.54) is 6.07 Å². The highest BCUT2D eigenvalue weighted by Gasteiger charge is 2.24. The monoisotopic (exact) mass is 513 g/mol. The number of H-pyrrole nitrogens is 1. The van der Waals surface area contributed by atoms with E-state index in [4.69, 9.17) is 23.2 Å². The first-order valence-electron chi connectivity index (χ1n) is 9.00. The number of hydrogen-bond donors (Lipinski definition) is 3. The molecule has 3 rings (SSSR count). The van der Waals surface area contributed by atoms with Gasteiger partial charge in [-0.15, -0.1) is 0 Å². The first kappa shape index (κ1) is 24.0. The molecule has 0 saturated carbocycles. The number of anilines is 2. The molecule has 3 N–H and O–H groups in total. The highest BCUT2D eigenvalue weighted by atomic mass is 35.5. The number of carbonyl (C=O) groups excluding carboxylic acids is 1. The predicted molar refractivity (Wildman–Crippen MR) is 126 cm³/mol. The molecular formula is C20H17Cl2N3O5S2. The average molecular weight is 514 g/mol. The highest BCUT2D eigenvalue weighted by Crippen LogP contribution is 2.26. The van der Waals surface area contributed by atoms with Gasteiger partial charge >= 0.3 is 0 Å². The first-order valence-corrected chi connectivity index (χ1v) is 12.4. The van der Waals surface area contributed by atoms with Crippen molar-refractivity contribution in [3.63, 3.8) is 0 Å². The first-order chi connectivity index (χ1) is 15.0. The lowest BCUT2D eigenvalue weighted by Crippen LogP contribution is -2.25. The third kappa shape index (κ3) is 5.04. The minimum Gasteiger partial charge on any atom is -0.327 e. The maximum atomic E-state index is 12.8. The zero-order valence-electron chi connectivity index (χ0n) is 16.7. The molecule has 8 nitrogen and oxygen atoms in total. The van der Waals surface area contributed by atoms with Crippen molar-refractivity contribution in [2.45, 2.75) is 18.7 Å². The molecule has 168 valence electrons. The summed E-state index contributed by atoms with van der Waals surface area (Å²) in [6.45, 7) is 3.29. The molecule has 0 aliphatic heterocycles. The number of rotatable bonds is 6. The summed E-state index contributed by atoms with van der Waals surface area (Å²) >= 11 is 12.0. The largest absolute Gasteiger partial charge is 0.327 e. The lowest BCUT2D eigenvalue weighted by Gasteiger charge is -2.12. The molecule has 0 bridgehead atoms. The van der Waals surface area contributed by atoms with Gasteiger partial charge in [0.25, 0.3) is 20.7 Å². The molecule has 0 aliphatic rings. The van der Waals surface area contributed by atoms with Crippen LogP contribution in [0.5, 0.6) is 0 Å². The highest BCUT2D eigenvalue weighted by molar-refractivity contribution is 8.02. The normalized spacial score (nSPS) is 12.2. The van der Waals surface area contributed by atoms with E-state index >= 15 is 0 Å². The summed E-state index contributed by atoms with van der Waals surface area (Å²) in [5.74, 6) is 0. The van der Waals surface area contributed by atoms with Crippen LogP contribution in [0.15, 0.2) is 58.4 Å². The van der Waals surface area contributed by atoms with Gasteiger partial charge in [0.1, 0.15) is 0 Å². The Balaban J connectivity index is 1.91. The number of sulfonamides is 1. The molecule has 12 heteroatoms. The molecule has 1 unspecified atom stereocenters. The zero-order valence-corrected chi connectivity index (χ0v) is 19.9. The molecule has 32 heavy (non-hydrogen) atoms. The molecule has 0 aliphatic carbocycles. The molecule has 0 amide bonds. The van der Waals surface area contributed by atoms with Crippen molar-refractivity contribution in [3.8, 4) is 0 Å². The number of halogens is 2. The molecular weight excluding hydrogens is 497 g/mol. The number of carbonyl (C=O) groups is 1. The molecule has 1 aromatic heterocycles. The van der Waals surface area contributed by atoms with Crippen molar-refractivity contribution < 1.29 is 17.4 Å². The lowest BCUT2D eigenvalue weighted by atomic mass is 10.2. The van der Waals surface area contributed by atoms with Gasteiger partial charge in [0.15, 0.2) is 15.9 Å². The predicted octanol–water partition coefficient (Wildman–Crippen LogP) is 4.02. The molecule has 0 radical (unpaired) electrons. The van der Waals surface area contributed by atoms with Crippen molar-refractivity contribution in [1.29, 1.82) is 0 Å². The number of aromatic amines is 1. The van der Waals surface area contributed by atoms with Crippen LogP contribution in [0.25, 0.3) is 0 Å². The Hall–Kier alpha value is -2.66. The molecule has 0 fully saturated rings. The van der Waals surface area contributed by atoms with E-state index in [2.05, 4.69) is 14.4 Å². The van der Waals surface area contributed by atoms with Gasteiger partial charge in [0.05, 0.1) is 16.9 Å². The third-order valence-corrected chi connectivity index (χ3v) is 7.71. The molecule has 0 spiro atoms. The van der Waals surface area contributed by atoms with E-state index in [1.54, 1.807) is 44.2 Å². The van der Waals surface area contributed by atoms with E-state index in [0.29, 0.717) is 26.9 Å². The Morgan fingerprint density at radius 2 is 1.56 bits per heavy atom. The van der Waals surface area contributed by atoms with Crippen molar-refractivity contribution in [3.05, 3.63) is 85.8 Å². The third-order valence-electron chi connectivity index (χ3n) is 4.55. The van der Waals surface area contributed by atoms with Gasteiger partial charge in [-0.25, -0.2) is 12.6 Å². The van der Waals surface area contributed by atoms with Gasteiger partial charge in [0.2, 0.25) is 0 Å². The van der Waals surface area contributed by atoms with Gasteiger partial charge in [-0.1, -0.05) is 35.3 Å². The number of pyridine rings is 1. The molecule has 1 heterocycles. The van der Waals surface area contributed by atoms with Crippen LogP contribution in [0.2, 0.25) is 10.0 Å². The summed E-state index contributed by atoms with van der Waals surface area (Å²) < 4.78 is 43.0. The van der Waals surface area contributed by atoms with Crippen molar-refractivity contribution in [2.24, 2.45) is 0 Å². The second-order valence-electron chi connectivity index (χ2n) is 6.67. The Morgan fingerprint density at radius 3 is 2.19 bits per heavy atom. The van der Waals surface area contributed by atoms with E-state index in [-0.39, 0.29) is 11.3 Å². The second-order valence-corrected chi connectivity index (χ2v) is 10.2. The van der Waals surface area contributed by atoms with Crippen LogP contribution in [0.3, 0.4) is 0 Å². The minimum absolute atomic E-state index is 0.176. The molecule has 1 atom stereocenters. The average Bonchev–Trinajstić information content (AvgIpc) is 2.74. The topological polar surface area (TPSA) is 125 Å². The van der Waals surface area contributed by atoms with Crippen molar-refractivity contribution in [2.75, 3.05) is 9.44 Å². The van der Waals surface area contributed by atoms with Crippen molar-refractivity contribution in [1.82, 2.24) is 4.98 Å². The van der Waals surface area contributed by atoms with E-state index in [0.717, 1.165) is 12.3 Å². The zero-order chi connectivity index (χ0) is 23.6. The van der Waals surface area contributed by atoms with E-state index < -0.39 is 36.6 Å². The lowest BCUT2D eigenvalue weighted by molar-refractivity contribution is 0.108. The maximum absolute atomic E-state index is 12.8. The summed E-state index contributed by atoms with van der Waals surface area (Å²) in [5.41, 5.74) is 0.385. The van der Waals surface area contributed by atoms with Crippen LogP contribution < -0.4 is 15.0 Å². The smallest absolute Gasteiger partial charge is 0.271 e. The Morgan fingerprint density at radius 1 is 1.00 bits per heavy atom. The van der Waals surface area contributed by atoms with Gasteiger partial charge in [-0.3, -0.25) is 19.0 Å². The van der Waals surface area contributed by atoms with Gasteiger partial charge in [0, 0.05) is 16.2 Å². The number of hydrogen-bond acceptors (Lipinski definition) is 5. The van der Waals surface area contributed by atoms with Crippen LogP contribution in [-0.4, -0.2) is 22.7 Å². The second kappa shape index (κ2) is 9.45. The SMILES string of the molecule is Cc1c(Cl)cccc1NS(=O)C(=O)c1c[nH]c(=O)c(S(=O)(=O)Nc2cccc(Cl)c2C)c1. The molecule has 0 saturated heterocycles. The molecule has 3 aromatic rings. The number of benzene rings is 2. The van der Waals surface area contributed by atoms with Crippen LogP contribution >= 0.6 is 23.2 Å². The van der Waals surface area contributed by atoms with Gasteiger partial charge < -0.3 is 4.98 Å². The number of aromatic nitrogens is 1. The summed E-state index contributed by atoms with van der Waals surface area (Å²) in [6, 6.07) is 10.3. The van der Waals surface area contributed by atoms with Crippen LogP contribution in [0.4, 0.5) is 11.4 Å². The maximum Gasteiger partial charge on any atom is 0.271 e. The summed E-state index contributed by atoms with van der Waals surface area (Å²) in [7, 11) is -6.65. The van der Waals surface area contributed by atoms with Gasteiger partial charge in [-0.05, 0) is 55.3 Å². The fraction of sp³-hybridized carbons (Fsp3) is 0.100. The fourth-order valence-electron chi connectivity index (χ4n) is 2.67. The van der Waals surface area contributed by atoms with E-state index in [9.17, 15) is 22.2 Å². The van der Waals surface area contributed by atoms with E-state index in [1.807, 2.05) is 0 Å². The Kier molecular flexibility index (Phi) is 7.09. The van der Waals surface area contributed by atoms with Crippen LogP contribution in [0.1, 0.15) is 21.5 Å². The molecule has 2 aromatic carbocycles. The van der Waals surface area contributed by atoms with Crippen molar-refractivity contribution >= 4 is 60.7 Å². The Bertz CT molecular complexity index is 1400. The standard InChI is InChI=1S/C20H17Cl2N3O5S2/c1-11-14(21)5-3-7-16(11)24-31(28)20(27)13-9-18(19(26)23-10-13)32(29,30)25-17-8-4-6-15(22)12(17)2/h3-10,24-25H,1-2H3,(H,23,26).